The van der Waals surface area contributed by atoms with Crippen molar-refractivity contribution in [2.45, 2.75) is 25.8 Å². The van der Waals surface area contributed by atoms with E-state index >= 15 is 0 Å². The van der Waals surface area contributed by atoms with Crippen molar-refractivity contribution in [3.63, 3.8) is 0 Å². The van der Waals surface area contributed by atoms with Crippen molar-refractivity contribution in [1.29, 1.82) is 0 Å². The Labute approximate surface area is 105 Å². The Morgan fingerprint density at radius 3 is 2.87 bits per heavy atom. The largest absolute Gasteiger partial charge is 0.271 e. The molecule has 0 aliphatic carbocycles. The molecular weight excluding hydrogens is 299 g/mol. The maximum Gasteiger partial charge on any atom is 0.0497 e. The molecule has 1 unspecified atom stereocenters. The number of hydrogen-bond donors (Lipinski definition) is 2. The van der Waals surface area contributed by atoms with Crippen molar-refractivity contribution in [3.8, 4) is 0 Å². The second-order valence-corrected chi connectivity index (χ2v) is 4.83. The molecule has 0 spiro atoms. The lowest BCUT2D eigenvalue weighted by molar-refractivity contribution is 0.544. The van der Waals surface area contributed by atoms with Gasteiger partial charge in [-0.25, -0.2) is 0 Å². The van der Waals surface area contributed by atoms with Crippen LogP contribution in [0.5, 0.6) is 0 Å². The van der Waals surface area contributed by atoms with Crippen molar-refractivity contribution >= 4 is 22.6 Å². The predicted octanol–water partition coefficient (Wildman–Crippen LogP) is 3.15. The minimum atomic E-state index is 0.173. The SMILES string of the molecule is C=C(CC)CC(NN)c1cccc(I)c1. The first-order valence-electron chi connectivity index (χ1n) is 5.05. The second-order valence-electron chi connectivity index (χ2n) is 3.58. The highest BCUT2D eigenvalue weighted by Gasteiger charge is 2.10. The van der Waals surface area contributed by atoms with Gasteiger partial charge in [0, 0.05) is 9.61 Å². The molecule has 0 aliphatic rings. The number of hydrogen-bond acceptors (Lipinski definition) is 2. The molecule has 2 nitrogen and oxygen atoms in total. The summed E-state index contributed by atoms with van der Waals surface area (Å²) < 4.78 is 1.23. The molecule has 1 rings (SSSR count). The summed E-state index contributed by atoms with van der Waals surface area (Å²) in [6.07, 6.45) is 1.90. The lowest BCUT2D eigenvalue weighted by atomic mass is 9.99. The zero-order valence-electron chi connectivity index (χ0n) is 8.96. The first kappa shape index (κ1) is 12.7. The minimum Gasteiger partial charge on any atom is -0.271 e. The summed E-state index contributed by atoms with van der Waals surface area (Å²) in [5.74, 6) is 5.56. The van der Waals surface area contributed by atoms with Crippen LogP contribution in [0.3, 0.4) is 0 Å². The van der Waals surface area contributed by atoms with E-state index in [-0.39, 0.29) is 6.04 Å². The van der Waals surface area contributed by atoms with E-state index in [9.17, 15) is 0 Å². The summed E-state index contributed by atoms with van der Waals surface area (Å²) in [5, 5.41) is 0. The number of halogens is 1. The Morgan fingerprint density at radius 2 is 2.33 bits per heavy atom. The third-order valence-corrected chi connectivity index (χ3v) is 3.12. The molecule has 0 heterocycles. The third kappa shape index (κ3) is 3.93. The van der Waals surface area contributed by atoms with Crippen LogP contribution >= 0.6 is 22.6 Å². The quantitative estimate of drug-likeness (QED) is 0.379. The van der Waals surface area contributed by atoms with Crippen LogP contribution in [0.15, 0.2) is 36.4 Å². The summed E-state index contributed by atoms with van der Waals surface area (Å²) in [6, 6.07) is 8.54. The lowest BCUT2D eigenvalue weighted by Crippen LogP contribution is -2.28. The molecule has 3 heteroatoms. The second kappa shape index (κ2) is 6.25. The maximum absolute atomic E-state index is 5.56. The summed E-state index contributed by atoms with van der Waals surface area (Å²) >= 11 is 2.31. The number of nitrogens with one attached hydrogen (secondary N) is 1. The number of benzene rings is 1. The predicted molar refractivity (Wildman–Crippen MR) is 73.3 cm³/mol. The molecule has 0 bridgehead atoms. The fourth-order valence-corrected chi connectivity index (χ4v) is 2.00. The Morgan fingerprint density at radius 1 is 1.60 bits per heavy atom. The van der Waals surface area contributed by atoms with Gasteiger partial charge in [-0.2, -0.15) is 0 Å². The van der Waals surface area contributed by atoms with Gasteiger partial charge in [0.25, 0.3) is 0 Å². The van der Waals surface area contributed by atoms with Crippen LogP contribution in [0.4, 0.5) is 0 Å². The molecule has 82 valence electrons. The fourth-order valence-electron chi connectivity index (χ4n) is 1.43. The summed E-state index contributed by atoms with van der Waals surface area (Å²) in [7, 11) is 0. The first-order valence-corrected chi connectivity index (χ1v) is 6.13. The van der Waals surface area contributed by atoms with Gasteiger partial charge in [0.2, 0.25) is 0 Å². The molecule has 0 saturated carbocycles. The van der Waals surface area contributed by atoms with Crippen molar-refractivity contribution in [1.82, 2.24) is 5.43 Å². The first-order chi connectivity index (χ1) is 7.17. The highest BCUT2D eigenvalue weighted by atomic mass is 127. The van der Waals surface area contributed by atoms with E-state index in [0.29, 0.717) is 0 Å². The molecule has 0 radical (unpaired) electrons. The molecule has 3 N–H and O–H groups in total. The van der Waals surface area contributed by atoms with Crippen LogP contribution in [-0.4, -0.2) is 0 Å². The normalized spacial score (nSPS) is 12.5. The monoisotopic (exact) mass is 316 g/mol. The van der Waals surface area contributed by atoms with Crippen LogP contribution in [0.1, 0.15) is 31.4 Å². The molecule has 1 aromatic rings. The smallest absolute Gasteiger partial charge is 0.0497 e. The van der Waals surface area contributed by atoms with Crippen LogP contribution < -0.4 is 11.3 Å². The minimum absolute atomic E-state index is 0.173. The molecule has 15 heavy (non-hydrogen) atoms. The Kier molecular flexibility index (Phi) is 5.28. The van der Waals surface area contributed by atoms with E-state index in [2.05, 4.69) is 65.8 Å². The average Bonchev–Trinajstić information content (AvgIpc) is 2.25. The standard InChI is InChI=1S/C12H17IN2/c1-3-9(2)7-12(15-14)10-5-4-6-11(13)8-10/h4-6,8,12,15H,2-3,7,14H2,1H3. The molecular formula is C12H17IN2. The highest BCUT2D eigenvalue weighted by Crippen LogP contribution is 2.22. The molecule has 0 aromatic heterocycles. The Bertz CT molecular complexity index is 336. The van der Waals surface area contributed by atoms with Gasteiger partial charge in [-0.3, -0.25) is 11.3 Å². The van der Waals surface area contributed by atoms with Crippen LogP contribution in [-0.2, 0) is 0 Å². The van der Waals surface area contributed by atoms with Crippen molar-refractivity contribution in [2.75, 3.05) is 0 Å². The average molecular weight is 316 g/mol. The molecule has 1 aromatic carbocycles. The topological polar surface area (TPSA) is 38.0 Å². The summed E-state index contributed by atoms with van der Waals surface area (Å²) in [4.78, 5) is 0. The van der Waals surface area contributed by atoms with E-state index < -0.39 is 0 Å². The summed E-state index contributed by atoms with van der Waals surface area (Å²) in [6.45, 7) is 6.13. The summed E-state index contributed by atoms with van der Waals surface area (Å²) in [5.41, 5.74) is 5.29. The van der Waals surface area contributed by atoms with E-state index in [4.69, 9.17) is 5.84 Å². The van der Waals surface area contributed by atoms with Crippen molar-refractivity contribution < 1.29 is 0 Å². The number of hydrazine groups is 1. The molecule has 1 atom stereocenters. The van der Waals surface area contributed by atoms with E-state index in [1.807, 2.05) is 0 Å². The molecule has 0 fully saturated rings. The Hall–Kier alpha value is -0.390. The van der Waals surface area contributed by atoms with Gasteiger partial charge in [0.15, 0.2) is 0 Å². The molecule has 0 aliphatic heterocycles. The van der Waals surface area contributed by atoms with Gasteiger partial charge in [0.1, 0.15) is 0 Å². The van der Waals surface area contributed by atoms with Gasteiger partial charge in [-0.1, -0.05) is 31.2 Å². The lowest BCUT2D eigenvalue weighted by Gasteiger charge is -2.17. The molecule has 0 amide bonds. The van der Waals surface area contributed by atoms with Crippen molar-refractivity contribution in [2.24, 2.45) is 5.84 Å². The van der Waals surface area contributed by atoms with E-state index in [1.54, 1.807) is 0 Å². The third-order valence-electron chi connectivity index (χ3n) is 2.45. The van der Waals surface area contributed by atoms with Gasteiger partial charge >= 0.3 is 0 Å². The number of nitrogens with two attached hydrogens (primary N) is 1. The molecule has 0 saturated heterocycles. The van der Waals surface area contributed by atoms with Gasteiger partial charge in [0.05, 0.1) is 0 Å². The van der Waals surface area contributed by atoms with E-state index in [1.165, 1.54) is 14.7 Å². The maximum atomic E-state index is 5.56. The van der Waals surface area contributed by atoms with Gasteiger partial charge in [-0.05, 0) is 53.1 Å². The van der Waals surface area contributed by atoms with Crippen LogP contribution in [0.2, 0.25) is 0 Å². The Balaban J connectivity index is 2.78. The van der Waals surface area contributed by atoms with Gasteiger partial charge in [-0.15, -0.1) is 0 Å². The fraction of sp³-hybridized carbons (Fsp3) is 0.333. The van der Waals surface area contributed by atoms with Crippen molar-refractivity contribution in [3.05, 3.63) is 45.6 Å². The van der Waals surface area contributed by atoms with Crippen LogP contribution in [0.25, 0.3) is 0 Å². The number of rotatable bonds is 5. The van der Waals surface area contributed by atoms with Gasteiger partial charge < -0.3 is 0 Å². The zero-order valence-corrected chi connectivity index (χ0v) is 11.1. The zero-order chi connectivity index (χ0) is 11.3. The highest BCUT2D eigenvalue weighted by molar-refractivity contribution is 14.1. The van der Waals surface area contributed by atoms with Crippen LogP contribution in [0, 0.1) is 3.57 Å². The van der Waals surface area contributed by atoms with E-state index in [0.717, 1.165) is 12.8 Å².